The van der Waals surface area contributed by atoms with E-state index in [0.29, 0.717) is 46.1 Å². The van der Waals surface area contributed by atoms with Crippen molar-refractivity contribution in [3.8, 4) is 0 Å². The number of halogens is 1. The first-order chi connectivity index (χ1) is 14.6. The van der Waals surface area contributed by atoms with E-state index in [9.17, 15) is 4.79 Å². The summed E-state index contributed by atoms with van der Waals surface area (Å²) in [6, 6.07) is 15.4. The van der Waals surface area contributed by atoms with Crippen molar-refractivity contribution in [2.75, 3.05) is 0 Å². The third kappa shape index (κ3) is 2.87. The largest absolute Gasteiger partial charge is 0.304 e. The van der Waals surface area contributed by atoms with E-state index in [4.69, 9.17) is 26.6 Å². The molecular weight excluding hydrogens is 398 g/mol. The van der Waals surface area contributed by atoms with Gasteiger partial charge in [0.25, 0.3) is 5.56 Å². The molecule has 0 unspecified atom stereocenters. The number of benzene rings is 2. The van der Waals surface area contributed by atoms with E-state index in [1.807, 2.05) is 66.9 Å². The van der Waals surface area contributed by atoms with Gasteiger partial charge in [-0.25, -0.2) is 15.0 Å². The van der Waals surface area contributed by atoms with Gasteiger partial charge in [-0.2, -0.15) is 0 Å². The van der Waals surface area contributed by atoms with Crippen molar-refractivity contribution in [2.45, 2.75) is 33.4 Å². The second-order valence-corrected chi connectivity index (χ2v) is 7.78. The molecule has 0 fully saturated rings. The third-order valence-corrected chi connectivity index (χ3v) is 5.74. The highest BCUT2D eigenvalue weighted by Crippen LogP contribution is 2.27. The standard InChI is InChI=1S/C23H20ClN5O/c1-3-12-28-14(2)25-21-19(23(28)30)20-22(27-18-11-7-6-10-17(18)26-20)29(21)13-15-8-4-5-9-16(15)24/h4-11H,3,12-13H2,1-2H3. The molecule has 0 saturated carbocycles. The molecule has 2 aromatic carbocycles. The number of aryl methyl sites for hydroxylation is 1. The van der Waals surface area contributed by atoms with Crippen LogP contribution in [0.5, 0.6) is 0 Å². The van der Waals surface area contributed by atoms with Gasteiger partial charge >= 0.3 is 0 Å². The lowest BCUT2D eigenvalue weighted by molar-refractivity contribution is 0.623. The minimum atomic E-state index is -0.0770. The molecule has 5 rings (SSSR count). The molecule has 5 aromatic rings. The van der Waals surface area contributed by atoms with Gasteiger partial charge in [-0.3, -0.25) is 9.36 Å². The van der Waals surface area contributed by atoms with Crippen LogP contribution in [0.2, 0.25) is 5.02 Å². The van der Waals surface area contributed by atoms with Gasteiger partial charge in [0.15, 0.2) is 11.3 Å². The van der Waals surface area contributed by atoms with Gasteiger partial charge in [0.2, 0.25) is 0 Å². The highest BCUT2D eigenvalue weighted by atomic mass is 35.5. The van der Waals surface area contributed by atoms with Crippen LogP contribution >= 0.6 is 11.6 Å². The van der Waals surface area contributed by atoms with Crippen LogP contribution in [-0.4, -0.2) is 24.1 Å². The van der Waals surface area contributed by atoms with Gasteiger partial charge in [0.05, 0.1) is 17.6 Å². The average Bonchev–Trinajstić information content (AvgIpc) is 3.03. The highest BCUT2D eigenvalue weighted by molar-refractivity contribution is 6.31. The smallest absolute Gasteiger partial charge is 0.265 e. The van der Waals surface area contributed by atoms with Crippen LogP contribution in [0.3, 0.4) is 0 Å². The summed E-state index contributed by atoms with van der Waals surface area (Å²) in [7, 11) is 0. The molecule has 150 valence electrons. The SMILES string of the molecule is CCCn1c(C)nc2c(c1=O)c1nc3ccccc3nc1n2Cc1ccccc1Cl. The maximum atomic E-state index is 13.4. The summed E-state index contributed by atoms with van der Waals surface area (Å²) in [5.74, 6) is 0.683. The fourth-order valence-electron chi connectivity index (χ4n) is 3.93. The topological polar surface area (TPSA) is 65.6 Å². The molecule has 0 spiro atoms. The van der Waals surface area contributed by atoms with Gasteiger partial charge < -0.3 is 4.57 Å². The summed E-state index contributed by atoms with van der Waals surface area (Å²) in [6.45, 7) is 4.98. The summed E-state index contributed by atoms with van der Waals surface area (Å²) in [6.07, 6.45) is 0.848. The molecule has 0 atom stereocenters. The zero-order valence-electron chi connectivity index (χ0n) is 16.8. The summed E-state index contributed by atoms with van der Waals surface area (Å²) in [4.78, 5) is 27.9. The van der Waals surface area contributed by atoms with E-state index in [1.165, 1.54) is 0 Å². The Labute approximate surface area is 177 Å². The Hall–Kier alpha value is -3.25. The lowest BCUT2D eigenvalue weighted by Crippen LogP contribution is -2.24. The first kappa shape index (κ1) is 18.8. The third-order valence-electron chi connectivity index (χ3n) is 5.37. The van der Waals surface area contributed by atoms with Crippen LogP contribution in [0.1, 0.15) is 24.7 Å². The van der Waals surface area contributed by atoms with Crippen molar-refractivity contribution >= 4 is 44.8 Å². The summed E-state index contributed by atoms with van der Waals surface area (Å²) < 4.78 is 3.68. The van der Waals surface area contributed by atoms with E-state index in [2.05, 4.69) is 0 Å². The Morgan fingerprint density at radius 3 is 2.33 bits per heavy atom. The summed E-state index contributed by atoms with van der Waals surface area (Å²) in [5.41, 5.74) is 4.20. The van der Waals surface area contributed by atoms with E-state index in [1.54, 1.807) is 4.57 Å². The second kappa shape index (κ2) is 7.22. The van der Waals surface area contributed by atoms with Crippen molar-refractivity contribution in [3.05, 3.63) is 75.3 Å². The van der Waals surface area contributed by atoms with Crippen molar-refractivity contribution in [2.24, 2.45) is 0 Å². The molecule has 0 aliphatic rings. The number of para-hydroxylation sites is 2. The molecule has 30 heavy (non-hydrogen) atoms. The van der Waals surface area contributed by atoms with Gasteiger partial charge in [-0.05, 0) is 37.1 Å². The van der Waals surface area contributed by atoms with Crippen LogP contribution in [0.15, 0.2) is 53.3 Å². The monoisotopic (exact) mass is 417 g/mol. The predicted molar refractivity (Wildman–Crippen MR) is 120 cm³/mol. The first-order valence-electron chi connectivity index (χ1n) is 9.98. The van der Waals surface area contributed by atoms with Crippen LogP contribution in [0, 0.1) is 6.92 Å². The van der Waals surface area contributed by atoms with Gasteiger partial charge in [0, 0.05) is 11.6 Å². The van der Waals surface area contributed by atoms with Crippen LogP contribution in [0.25, 0.3) is 33.2 Å². The van der Waals surface area contributed by atoms with E-state index in [-0.39, 0.29) is 5.56 Å². The van der Waals surface area contributed by atoms with Crippen LogP contribution in [0.4, 0.5) is 0 Å². The minimum absolute atomic E-state index is 0.0770. The Morgan fingerprint density at radius 1 is 0.900 bits per heavy atom. The fourth-order valence-corrected chi connectivity index (χ4v) is 4.13. The van der Waals surface area contributed by atoms with Gasteiger partial charge in [-0.1, -0.05) is 48.9 Å². The zero-order chi connectivity index (χ0) is 20.8. The molecule has 0 aliphatic heterocycles. The average molecular weight is 418 g/mol. The maximum absolute atomic E-state index is 13.4. The molecular formula is C23H20ClN5O. The lowest BCUT2D eigenvalue weighted by Gasteiger charge is -2.10. The van der Waals surface area contributed by atoms with Crippen LogP contribution in [-0.2, 0) is 13.1 Å². The predicted octanol–water partition coefficient (Wildman–Crippen LogP) is 4.71. The van der Waals surface area contributed by atoms with Gasteiger partial charge in [-0.15, -0.1) is 0 Å². The Kier molecular flexibility index (Phi) is 4.51. The molecule has 0 aliphatic carbocycles. The molecule has 7 heteroatoms. The number of hydrogen-bond donors (Lipinski definition) is 0. The van der Waals surface area contributed by atoms with Crippen LogP contribution < -0.4 is 5.56 Å². The number of aromatic nitrogens is 5. The number of hydrogen-bond acceptors (Lipinski definition) is 4. The number of fused-ring (bicyclic) bond motifs is 4. The second-order valence-electron chi connectivity index (χ2n) is 7.38. The highest BCUT2D eigenvalue weighted by Gasteiger charge is 2.21. The molecule has 0 amide bonds. The molecule has 0 bridgehead atoms. The number of rotatable bonds is 4. The molecule has 6 nitrogen and oxygen atoms in total. The molecule has 3 aromatic heterocycles. The summed E-state index contributed by atoms with van der Waals surface area (Å²) >= 11 is 6.43. The normalized spacial score (nSPS) is 11.7. The Balaban J connectivity index is 1.91. The van der Waals surface area contributed by atoms with E-state index >= 15 is 0 Å². The van der Waals surface area contributed by atoms with Crippen molar-refractivity contribution in [1.82, 2.24) is 24.1 Å². The van der Waals surface area contributed by atoms with E-state index < -0.39 is 0 Å². The molecule has 0 radical (unpaired) electrons. The Bertz CT molecular complexity index is 1480. The number of nitrogens with zero attached hydrogens (tertiary/aromatic N) is 5. The Morgan fingerprint density at radius 2 is 1.60 bits per heavy atom. The first-order valence-corrected chi connectivity index (χ1v) is 10.4. The van der Waals surface area contributed by atoms with E-state index in [0.717, 1.165) is 23.0 Å². The molecule has 0 saturated heterocycles. The minimum Gasteiger partial charge on any atom is -0.304 e. The lowest BCUT2D eigenvalue weighted by atomic mass is 10.2. The maximum Gasteiger partial charge on any atom is 0.265 e. The van der Waals surface area contributed by atoms with Crippen molar-refractivity contribution in [1.29, 1.82) is 0 Å². The van der Waals surface area contributed by atoms with Crippen molar-refractivity contribution < 1.29 is 0 Å². The zero-order valence-corrected chi connectivity index (χ0v) is 17.5. The van der Waals surface area contributed by atoms with Gasteiger partial charge in [0.1, 0.15) is 16.7 Å². The molecule has 0 N–H and O–H groups in total. The summed E-state index contributed by atoms with van der Waals surface area (Å²) in [5, 5.41) is 1.17. The molecule has 3 heterocycles. The fraction of sp³-hybridized carbons (Fsp3) is 0.217. The van der Waals surface area contributed by atoms with Crippen molar-refractivity contribution in [3.63, 3.8) is 0 Å². The quantitative estimate of drug-likeness (QED) is 0.424.